The van der Waals surface area contributed by atoms with Gasteiger partial charge in [-0.15, -0.1) is 0 Å². The van der Waals surface area contributed by atoms with E-state index in [4.69, 9.17) is 5.73 Å². The van der Waals surface area contributed by atoms with Crippen LogP contribution in [0.1, 0.15) is 39.3 Å². The van der Waals surface area contributed by atoms with Gasteiger partial charge in [0, 0.05) is 24.8 Å². The Morgan fingerprint density at radius 2 is 1.79 bits per heavy atom. The number of piperidine rings is 1. The van der Waals surface area contributed by atoms with Crippen molar-refractivity contribution in [2.75, 3.05) is 13.1 Å². The van der Waals surface area contributed by atoms with Gasteiger partial charge in [0.05, 0.1) is 0 Å². The highest BCUT2D eigenvalue weighted by Crippen LogP contribution is 2.22. The summed E-state index contributed by atoms with van der Waals surface area (Å²) in [4.78, 5) is 29.5. The lowest BCUT2D eigenvalue weighted by molar-refractivity contribution is 0.0684. The summed E-state index contributed by atoms with van der Waals surface area (Å²) >= 11 is 0. The van der Waals surface area contributed by atoms with Crippen LogP contribution in [0.5, 0.6) is 0 Å². The number of primary amides is 1. The molecular weight excluding hydrogens is 302 g/mol. The highest BCUT2D eigenvalue weighted by molar-refractivity contribution is 5.93. The number of hydrogen-bond donors (Lipinski definition) is 1. The standard InChI is InChI=1S/C19H21N3O2/c20-18(23)16-6-4-14(5-7-16)13-15-8-11-22(12-9-15)19(24)17-3-1-2-10-21-17/h1-7,10,15H,8-9,11-13H2,(H2,20,23). The van der Waals surface area contributed by atoms with E-state index in [1.54, 1.807) is 24.4 Å². The number of aromatic nitrogens is 1. The fraction of sp³-hybridized carbons (Fsp3) is 0.316. The maximum atomic E-state index is 12.4. The van der Waals surface area contributed by atoms with Gasteiger partial charge in [-0.05, 0) is 55.0 Å². The molecule has 24 heavy (non-hydrogen) atoms. The van der Waals surface area contributed by atoms with E-state index < -0.39 is 5.91 Å². The molecule has 5 nitrogen and oxygen atoms in total. The number of likely N-dealkylation sites (tertiary alicyclic amines) is 1. The number of nitrogens with two attached hydrogens (primary N) is 1. The number of carbonyl (C=O) groups excluding carboxylic acids is 2. The Morgan fingerprint density at radius 1 is 1.08 bits per heavy atom. The Hall–Kier alpha value is -2.69. The summed E-state index contributed by atoms with van der Waals surface area (Å²) in [6.07, 6.45) is 4.58. The second-order valence-corrected chi connectivity index (χ2v) is 6.22. The fourth-order valence-corrected chi connectivity index (χ4v) is 3.13. The van der Waals surface area contributed by atoms with Crippen molar-refractivity contribution in [1.82, 2.24) is 9.88 Å². The van der Waals surface area contributed by atoms with Crippen molar-refractivity contribution >= 4 is 11.8 Å². The van der Waals surface area contributed by atoms with Crippen molar-refractivity contribution in [2.24, 2.45) is 11.7 Å². The van der Waals surface area contributed by atoms with E-state index in [0.717, 1.165) is 32.4 Å². The number of amides is 2. The summed E-state index contributed by atoms with van der Waals surface area (Å²) in [5.41, 5.74) is 7.51. The van der Waals surface area contributed by atoms with Gasteiger partial charge in [-0.2, -0.15) is 0 Å². The average molecular weight is 323 g/mol. The summed E-state index contributed by atoms with van der Waals surface area (Å²) in [5, 5.41) is 0. The van der Waals surface area contributed by atoms with Crippen molar-refractivity contribution < 1.29 is 9.59 Å². The quantitative estimate of drug-likeness (QED) is 0.938. The second kappa shape index (κ2) is 7.25. The molecule has 0 bridgehead atoms. The molecule has 0 radical (unpaired) electrons. The monoisotopic (exact) mass is 323 g/mol. The third-order valence-corrected chi connectivity index (χ3v) is 4.55. The first-order valence-electron chi connectivity index (χ1n) is 8.22. The van der Waals surface area contributed by atoms with E-state index in [1.165, 1.54) is 5.56 Å². The average Bonchev–Trinajstić information content (AvgIpc) is 2.63. The van der Waals surface area contributed by atoms with E-state index in [9.17, 15) is 9.59 Å². The van der Waals surface area contributed by atoms with Gasteiger partial charge >= 0.3 is 0 Å². The molecule has 1 saturated heterocycles. The van der Waals surface area contributed by atoms with Crippen LogP contribution in [-0.4, -0.2) is 34.8 Å². The molecule has 2 heterocycles. The molecule has 0 spiro atoms. The first kappa shape index (κ1) is 16.2. The van der Waals surface area contributed by atoms with Crippen molar-refractivity contribution in [3.8, 4) is 0 Å². The largest absolute Gasteiger partial charge is 0.366 e. The van der Waals surface area contributed by atoms with Crippen LogP contribution >= 0.6 is 0 Å². The van der Waals surface area contributed by atoms with E-state index in [0.29, 0.717) is 17.2 Å². The summed E-state index contributed by atoms with van der Waals surface area (Å²) in [6, 6.07) is 12.9. The number of rotatable bonds is 4. The van der Waals surface area contributed by atoms with Gasteiger partial charge in [0.2, 0.25) is 5.91 Å². The van der Waals surface area contributed by atoms with Gasteiger partial charge in [0.1, 0.15) is 5.69 Å². The molecule has 2 amide bonds. The highest BCUT2D eigenvalue weighted by atomic mass is 16.2. The summed E-state index contributed by atoms with van der Waals surface area (Å²) in [6.45, 7) is 1.53. The molecule has 0 aliphatic carbocycles. The Labute approximate surface area is 141 Å². The van der Waals surface area contributed by atoms with Crippen LogP contribution in [0, 0.1) is 5.92 Å². The van der Waals surface area contributed by atoms with Gasteiger partial charge in [-0.3, -0.25) is 14.6 Å². The van der Waals surface area contributed by atoms with Crippen molar-refractivity contribution in [1.29, 1.82) is 0 Å². The Bertz CT molecular complexity index is 705. The summed E-state index contributed by atoms with van der Waals surface area (Å²) in [5.74, 6) is 0.167. The Morgan fingerprint density at radius 3 is 2.38 bits per heavy atom. The van der Waals surface area contributed by atoms with Crippen LogP contribution in [0.4, 0.5) is 0 Å². The van der Waals surface area contributed by atoms with Gasteiger partial charge < -0.3 is 10.6 Å². The van der Waals surface area contributed by atoms with E-state index in [-0.39, 0.29) is 5.91 Å². The number of benzene rings is 1. The summed E-state index contributed by atoms with van der Waals surface area (Å²) in [7, 11) is 0. The molecule has 0 saturated carbocycles. The summed E-state index contributed by atoms with van der Waals surface area (Å²) < 4.78 is 0. The SMILES string of the molecule is NC(=O)c1ccc(CC2CCN(C(=O)c3ccccn3)CC2)cc1. The Balaban J connectivity index is 1.53. The normalized spacial score (nSPS) is 15.2. The topological polar surface area (TPSA) is 76.3 Å². The minimum absolute atomic E-state index is 0.0138. The number of nitrogens with zero attached hydrogens (tertiary/aromatic N) is 2. The molecule has 5 heteroatoms. The molecule has 1 aromatic carbocycles. The van der Waals surface area contributed by atoms with Crippen LogP contribution < -0.4 is 5.73 Å². The molecular formula is C19H21N3O2. The lowest BCUT2D eigenvalue weighted by Gasteiger charge is -2.32. The smallest absolute Gasteiger partial charge is 0.272 e. The molecule has 1 fully saturated rings. The lowest BCUT2D eigenvalue weighted by atomic mass is 9.90. The van der Waals surface area contributed by atoms with Crippen molar-refractivity contribution in [3.63, 3.8) is 0 Å². The maximum Gasteiger partial charge on any atom is 0.272 e. The first-order chi connectivity index (χ1) is 11.6. The molecule has 124 valence electrons. The van der Waals surface area contributed by atoms with E-state index in [2.05, 4.69) is 4.98 Å². The number of carbonyl (C=O) groups is 2. The zero-order chi connectivity index (χ0) is 16.9. The van der Waals surface area contributed by atoms with Crippen LogP contribution in [-0.2, 0) is 6.42 Å². The molecule has 2 aromatic rings. The minimum Gasteiger partial charge on any atom is -0.366 e. The predicted molar refractivity (Wildman–Crippen MR) is 91.5 cm³/mol. The number of pyridine rings is 1. The number of hydrogen-bond acceptors (Lipinski definition) is 3. The van der Waals surface area contributed by atoms with Gasteiger partial charge in [0.25, 0.3) is 5.91 Å². The maximum absolute atomic E-state index is 12.4. The molecule has 3 rings (SSSR count). The van der Waals surface area contributed by atoms with E-state index >= 15 is 0 Å². The van der Waals surface area contributed by atoms with Crippen molar-refractivity contribution in [2.45, 2.75) is 19.3 Å². The van der Waals surface area contributed by atoms with Gasteiger partial charge in [-0.25, -0.2) is 0 Å². The van der Waals surface area contributed by atoms with Crippen LogP contribution in [0.3, 0.4) is 0 Å². The van der Waals surface area contributed by atoms with Gasteiger partial charge in [-0.1, -0.05) is 18.2 Å². The lowest BCUT2D eigenvalue weighted by Crippen LogP contribution is -2.39. The van der Waals surface area contributed by atoms with Crippen LogP contribution in [0.25, 0.3) is 0 Å². The zero-order valence-electron chi connectivity index (χ0n) is 13.5. The minimum atomic E-state index is -0.400. The van der Waals surface area contributed by atoms with Crippen LogP contribution in [0.15, 0.2) is 48.7 Å². The van der Waals surface area contributed by atoms with E-state index in [1.807, 2.05) is 29.2 Å². The highest BCUT2D eigenvalue weighted by Gasteiger charge is 2.24. The third-order valence-electron chi connectivity index (χ3n) is 4.55. The molecule has 2 N–H and O–H groups in total. The third kappa shape index (κ3) is 3.79. The molecule has 0 unspecified atom stereocenters. The molecule has 1 aliphatic heterocycles. The van der Waals surface area contributed by atoms with Crippen LogP contribution in [0.2, 0.25) is 0 Å². The molecule has 1 aliphatic rings. The van der Waals surface area contributed by atoms with Gasteiger partial charge in [0.15, 0.2) is 0 Å². The predicted octanol–water partition coefficient (Wildman–Crippen LogP) is 2.28. The Kier molecular flexibility index (Phi) is 4.89. The second-order valence-electron chi connectivity index (χ2n) is 6.22. The fourth-order valence-electron chi connectivity index (χ4n) is 3.13. The van der Waals surface area contributed by atoms with Crippen molar-refractivity contribution in [3.05, 3.63) is 65.5 Å². The first-order valence-corrected chi connectivity index (χ1v) is 8.22. The molecule has 1 aromatic heterocycles. The molecule has 0 atom stereocenters. The zero-order valence-corrected chi connectivity index (χ0v) is 13.5.